The molecule has 0 fully saturated rings. The average molecular weight is 450 g/mol. The van der Waals surface area contributed by atoms with Crippen LogP contribution in [0, 0.1) is 5.92 Å². The van der Waals surface area contributed by atoms with Crippen molar-refractivity contribution in [3.8, 4) is 0 Å². The smallest absolute Gasteiger partial charge is 0.407 e. The fraction of sp³-hybridized carbons (Fsp3) is 0.565. The predicted octanol–water partition coefficient (Wildman–Crippen LogP) is 2.08. The van der Waals surface area contributed by atoms with Gasteiger partial charge in [0, 0.05) is 13.1 Å². The molecule has 0 heterocycles. The maximum absolute atomic E-state index is 12.8. The van der Waals surface area contributed by atoms with Gasteiger partial charge in [-0.25, -0.2) is 9.59 Å². The number of ether oxygens (including phenoxy) is 2. The Morgan fingerprint density at radius 3 is 2.38 bits per heavy atom. The first kappa shape index (κ1) is 26.9. The SMILES string of the molecule is CC[C@H](C)[C@H](NC(=O)CN(CCNC(=O)OC(C)(C)C)c1cccccc1=O)C(=O)OC. The Kier molecular flexibility index (Phi) is 10.7. The van der Waals surface area contributed by atoms with Crippen molar-refractivity contribution in [2.45, 2.75) is 52.7 Å². The van der Waals surface area contributed by atoms with Crippen LogP contribution < -0.4 is 21.0 Å². The molecule has 0 unspecified atom stereocenters. The highest BCUT2D eigenvalue weighted by molar-refractivity contribution is 5.87. The lowest BCUT2D eigenvalue weighted by molar-refractivity contribution is -0.146. The average Bonchev–Trinajstić information content (AvgIpc) is 2.93. The Balaban J connectivity index is 2.97. The van der Waals surface area contributed by atoms with Crippen molar-refractivity contribution in [2.75, 3.05) is 31.6 Å². The van der Waals surface area contributed by atoms with E-state index >= 15 is 0 Å². The number of alkyl carbamates (subject to hydrolysis) is 1. The molecule has 9 nitrogen and oxygen atoms in total. The monoisotopic (exact) mass is 449 g/mol. The lowest BCUT2D eigenvalue weighted by atomic mass is 9.99. The van der Waals surface area contributed by atoms with Gasteiger partial charge in [0.2, 0.25) is 11.3 Å². The van der Waals surface area contributed by atoms with Crippen molar-refractivity contribution in [3.05, 3.63) is 40.6 Å². The molecule has 0 aliphatic carbocycles. The quantitative estimate of drug-likeness (QED) is 0.526. The summed E-state index contributed by atoms with van der Waals surface area (Å²) in [6, 6.07) is 7.22. The molecule has 0 radical (unpaired) electrons. The lowest BCUT2D eigenvalue weighted by Crippen LogP contribution is -2.50. The molecule has 2 N–H and O–H groups in total. The molecule has 0 aromatic heterocycles. The number of nitrogens with zero attached hydrogens (tertiary/aromatic N) is 1. The van der Waals surface area contributed by atoms with Crippen LogP contribution in [0.4, 0.5) is 10.5 Å². The van der Waals surface area contributed by atoms with Crippen LogP contribution in [0.3, 0.4) is 0 Å². The summed E-state index contributed by atoms with van der Waals surface area (Å²) in [5, 5.41) is 5.33. The van der Waals surface area contributed by atoms with E-state index in [1.165, 1.54) is 13.2 Å². The minimum Gasteiger partial charge on any atom is -0.467 e. The van der Waals surface area contributed by atoms with Gasteiger partial charge >= 0.3 is 12.1 Å². The van der Waals surface area contributed by atoms with Crippen molar-refractivity contribution in [3.63, 3.8) is 0 Å². The maximum Gasteiger partial charge on any atom is 0.407 e. The molecule has 2 amide bonds. The molecule has 2 atom stereocenters. The van der Waals surface area contributed by atoms with Gasteiger partial charge in [0.25, 0.3) is 0 Å². The number of anilines is 1. The molecular weight excluding hydrogens is 414 g/mol. The molecule has 0 saturated heterocycles. The molecule has 1 aromatic rings. The van der Waals surface area contributed by atoms with E-state index in [1.807, 2.05) is 13.8 Å². The van der Waals surface area contributed by atoms with Crippen molar-refractivity contribution >= 4 is 23.7 Å². The second-order valence-corrected chi connectivity index (χ2v) is 8.46. The first-order valence-electron chi connectivity index (χ1n) is 10.7. The van der Waals surface area contributed by atoms with Crippen LogP contribution >= 0.6 is 0 Å². The van der Waals surface area contributed by atoms with E-state index < -0.39 is 29.6 Å². The third-order valence-corrected chi connectivity index (χ3v) is 4.69. The topological polar surface area (TPSA) is 114 Å². The highest BCUT2D eigenvalue weighted by atomic mass is 16.6. The Hall–Kier alpha value is -3.10. The van der Waals surface area contributed by atoms with Gasteiger partial charge in [-0.05, 0) is 38.8 Å². The van der Waals surface area contributed by atoms with E-state index in [0.717, 1.165) is 0 Å². The molecule has 0 bridgehead atoms. The summed E-state index contributed by atoms with van der Waals surface area (Å²) in [5.74, 6) is -1.09. The number of amides is 2. The first-order chi connectivity index (χ1) is 15.0. The van der Waals surface area contributed by atoms with Crippen LogP contribution in [0.15, 0.2) is 35.1 Å². The van der Waals surface area contributed by atoms with Crippen LogP contribution in [0.5, 0.6) is 0 Å². The number of hydrogen-bond donors (Lipinski definition) is 2. The number of carbonyl (C=O) groups is 3. The fourth-order valence-electron chi connectivity index (χ4n) is 2.86. The van der Waals surface area contributed by atoms with E-state index in [0.29, 0.717) is 12.1 Å². The molecule has 0 saturated carbocycles. The third kappa shape index (κ3) is 9.36. The minimum absolute atomic E-state index is 0.127. The summed E-state index contributed by atoms with van der Waals surface area (Å²) in [6.07, 6.45) is 0.0772. The Morgan fingerprint density at radius 1 is 1.12 bits per heavy atom. The molecule has 0 spiro atoms. The van der Waals surface area contributed by atoms with Crippen LogP contribution in [0.1, 0.15) is 41.0 Å². The van der Waals surface area contributed by atoms with Gasteiger partial charge in [0.1, 0.15) is 11.6 Å². The minimum atomic E-state index is -0.794. The van der Waals surface area contributed by atoms with E-state index in [9.17, 15) is 19.2 Å². The molecule has 1 rings (SSSR count). The number of rotatable bonds is 10. The van der Waals surface area contributed by atoms with Gasteiger partial charge in [-0.2, -0.15) is 0 Å². The molecule has 32 heavy (non-hydrogen) atoms. The van der Waals surface area contributed by atoms with Gasteiger partial charge in [-0.15, -0.1) is 0 Å². The van der Waals surface area contributed by atoms with Crippen LogP contribution in [-0.4, -0.2) is 56.4 Å². The number of esters is 1. The van der Waals surface area contributed by atoms with E-state index in [2.05, 4.69) is 10.6 Å². The Morgan fingerprint density at radius 2 is 1.78 bits per heavy atom. The molecule has 0 aliphatic rings. The van der Waals surface area contributed by atoms with Gasteiger partial charge in [-0.3, -0.25) is 9.59 Å². The van der Waals surface area contributed by atoms with Gasteiger partial charge in [0.05, 0.1) is 19.3 Å². The molecule has 0 aliphatic heterocycles. The maximum atomic E-state index is 12.8. The lowest BCUT2D eigenvalue weighted by Gasteiger charge is -2.26. The zero-order valence-electron chi connectivity index (χ0n) is 19.8. The van der Waals surface area contributed by atoms with Crippen molar-refractivity contribution < 1.29 is 23.9 Å². The third-order valence-electron chi connectivity index (χ3n) is 4.69. The summed E-state index contributed by atoms with van der Waals surface area (Å²) in [7, 11) is 1.27. The molecular formula is C23H35N3O6. The predicted molar refractivity (Wildman–Crippen MR) is 123 cm³/mol. The summed E-state index contributed by atoms with van der Waals surface area (Å²) < 4.78 is 10.0. The summed E-state index contributed by atoms with van der Waals surface area (Å²) in [5.41, 5.74) is -0.612. The zero-order valence-corrected chi connectivity index (χ0v) is 19.8. The fourth-order valence-corrected chi connectivity index (χ4v) is 2.86. The van der Waals surface area contributed by atoms with Crippen molar-refractivity contribution in [1.29, 1.82) is 0 Å². The summed E-state index contributed by atoms with van der Waals surface area (Å²) in [6.45, 7) is 9.17. The van der Waals surface area contributed by atoms with Gasteiger partial charge < -0.3 is 25.0 Å². The van der Waals surface area contributed by atoms with Crippen molar-refractivity contribution in [2.24, 2.45) is 5.92 Å². The zero-order chi connectivity index (χ0) is 24.3. The van der Waals surface area contributed by atoms with E-state index in [-0.39, 0.29) is 31.0 Å². The normalized spacial score (nSPS) is 12.8. The second-order valence-electron chi connectivity index (χ2n) is 8.46. The number of hydrogen-bond acceptors (Lipinski definition) is 7. The molecule has 9 heteroatoms. The standard InChI is InChI=1S/C23H35N3O6/c1-7-16(2)20(21(29)31-6)25-19(28)15-26(17-11-9-8-10-12-18(17)27)14-13-24-22(30)32-23(3,4)5/h8-12,16,20H,7,13-15H2,1-6H3,(H,24,30)(H,25,28)/t16-,20-/m0/s1. The van der Waals surface area contributed by atoms with Crippen molar-refractivity contribution in [1.82, 2.24) is 10.6 Å². The number of carbonyl (C=O) groups excluding carboxylic acids is 3. The second kappa shape index (κ2) is 12.7. The highest BCUT2D eigenvalue weighted by Crippen LogP contribution is 2.11. The summed E-state index contributed by atoms with van der Waals surface area (Å²) >= 11 is 0. The van der Waals surface area contributed by atoms with Gasteiger partial charge in [0.15, 0.2) is 0 Å². The Labute approximate surface area is 189 Å². The number of nitrogens with one attached hydrogen (secondary N) is 2. The van der Waals surface area contributed by atoms with E-state index in [4.69, 9.17) is 9.47 Å². The van der Waals surface area contributed by atoms with Crippen LogP contribution in [0.25, 0.3) is 0 Å². The summed E-state index contributed by atoms with van der Waals surface area (Å²) in [4.78, 5) is 50.9. The van der Waals surface area contributed by atoms with Crippen LogP contribution in [-0.2, 0) is 19.1 Å². The highest BCUT2D eigenvalue weighted by Gasteiger charge is 2.27. The van der Waals surface area contributed by atoms with Crippen LogP contribution in [0.2, 0.25) is 0 Å². The number of methoxy groups -OCH3 is 1. The van der Waals surface area contributed by atoms with Gasteiger partial charge in [-0.1, -0.05) is 38.5 Å². The van der Waals surface area contributed by atoms with E-state index in [1.54, 1.807) is 49.9 Å². The molecule has 178 valence electrons. The Bertz CT molecular complexity index is 837. The first-order valence-corrected chi connectivity index (χ1v) is 10.7. The molecule has 1 aromatic carbocycles. The largest absolute Gasteiger partial charge is 0.467 e.